The van der Waals surface area contributed by atoms with Crippen molar-refractivity contribution in [3.05, 3.63) is 24.2 Å². The summed E-state index contributed by atoms with van der Waals surface area (Å²) in [5.41, 5.74) is 0. The van der Waals surface area contributed by atoms with E-state index in [-0.39, 0.29) is 23.8 Å². The van der Waals surface area contributed by atoms with E-state index in [1.165, 1.54) is 6.26 Å². The molecule has 1 fully saturated rings. The van der Waals surface area contributed by atoms with Gasteiger partial charge in [0.1, 0.15) is 0 Å². The van der Waals surface area contributed by atoms with Crippen LogP contribution in [0.4, 0.5) is 0 Å². The zero-order valence-corrected chi connectivity index (χ0v) is 12.1. The van der Waals surface area contributed by atoms with Gasteiger partial charge in [-0.25, -0.2) is 0 Å². The molecule has 110 valence electrons. The molecule has 5 nitrogen and oxygen atoms in total. The molecule has 1 unspecified atom stereocenters. The maximum absolute atomic E-state index is 12.1. The largest absolute Gasteiger partial charge is 0.459 e. The third-order valence-corrected chi connectivity index (χ3v) is 3.92. The molecule has 1 N–H and O–H groups in total. The summed E-state index contributed by atoms with van der Waals surface area (Å²) in [6.07, 6.45) is 3.96. The fourth-order valence-corrected chi connectivity index (χ4v) is 2.31. The SMILES string of the molecule is CCC(C)C(=O)NC1CCN(C(=O)c2ccco2)CC1. The van der Waals surface area contributed by atoms with Gasteiger partial charge in [0.2, 0.25) is 5.91 Å². The maximum Gasteiger partial charge on any atom is 0.289 e. The topological polar surface area (TPSA) is 62.6 Å². The van der Waals surface area contributed by atoms with Crippen LogP contribution in [0.1, 0.15) is 43.7 Å². The van der Waals surface area contributed by atoms with Gasteiger partial charge in [-0.3, -0.25) is 9.59 Å². The van der Waals surface area contributed by atoms with E-state index in [0.29, 0.717) is 18.8 Å². The van der Waals surface area contributed by atoms with Crippen LogP contribution in [-0.4, -0.2) is 35.8 Å². The van der Waals surface area contributed by atoms with Crippen LogP contribution < -0.4 is 5.32 Å². The highest BCUT2D eigenvalue weighted by Gasteiger charge is 2.26. The van der Waals surface area contributed by atoms with Gasteiger partial charge in [-0.05, 0) is 31.4 Å². The minimum absolute atomic E-state index is 0.0535. The number of piperidine rings is 1. The molecule has 1 aromatic rings. The smallest absolute Gasteiger partial charge is 0.289 e. The van der Waals surface area contributed by atoms with Crippen LogP contribution in [0, 0.1) is 5.92 Å². The molecule has 0 saturated carbocycles. The van der Waals surface area contributed by atoms with Gasteiger partial charge < -0.3 is 14.6 Å². The van der Waals surface area contributed by atoms with Gasteiger partial charge in [0.25, 0.3) is 5.91 Å². The fourth-order valence-electron chi connectivity index (χ4n) is 2.31. The molecule has 0 aliphatic carbocycles. The molecule has 2 amide bonds. The lowest BCUT2D eigenvalue weighted by Gasteiger charge is -2.32. The van der Waals surface area contributed by atoms with E-state index >= 15 is 0 Å². The average Bonchev–Trinajstić information content (AvgIpc) is 3.00. The number of nitrogens with zero attached hydrogens (tertiary/aromatic N) is 1. The van der Waals surface area contributed by atoms with Gasteiger partial charge in [0, 0.05) is 25.0 Å². The van der Waals surface area contributed by atoms with Crippen LogP contribution in [0.15, 0.2) is 22.8 Å². The van der Waals surface area contributed by atoms with E-state index in [1.807, 2.05) is 13.8 Å². The second-order valence-electron chi connectivity index (χ2n) is 5.36. The molecule has 0 spiro atoms. The number of carbonyl (C=O) groups is 2. The number of rotatable bonds is 4. The molecule has 2 rings (SSSR count). The first-order valence-electron chi connectivity index (χ1n) is 7.25. The van der Waals surface area contributed by atoms with Crippen molar-refractivity contribution in [3.8, 4) is 0 Å². The second kappa shape index (κ2) is 6.59. The Balaban J connectivity index is 1.81. The Morgan fingerprint density at radius 3 is 2.70 bits per heavy atom. The van der Waals surface area contributed by atoms with Crippen LogP contribution in [0.3, 0.4) is 0 Å². The van der Waals surface area contributed by atoms with Gasteiger partial charge >= 0.3 is 0 Å². The molecule has 1 aromatic heterocycles. The Morgan fingerprint density at radius 2 is 2.15 bits per heavy atom. The molecular formula is C15H22N2O3. The molecule has 2 heterocycles. The number of likely N-dealkylation sites (tertiary alicyclic amines) is 1. The third-order valence-electron chi connectivity index (χ3n) is 3.92. The second-order valence-corrected chi connectivity index (χ2v) is 5.36. The van der Waals surface area contributed by atoms with Crippen molar-refractivity contribution in [2.75, 3.05) is 13.1 Å². The molecule has 0 bridgehead atoms. The number of nitrogens with one attached hydrogen (secondary N) is 1. The Hall–Kier alpha value is -1.78. The van der Waals surface area contributed by atoms with Crippen LogP contribution in [0.5, 0.6) is 0 Å². The fraction of sp³-hybridized carbons (Fsp3) is 0.600. The number of hydrogen-bond donors (Lipinski definition) is 1. The van der Waals surface area contributed by atoms with E-state index in [2.05, 4.69) is 5.32 Å². The van der Waals surface area contributed by atoms with E-state index in [1.54, 1.807) is 17.0 Å². The molecule has 1 aliphatic rings. The lowest BCUT2D eigenvalue weighted by Crippen LogP contribution is -2.47. The number of furan rings is 1. The molecule has 1 aliphatic heterocycles. The van der Waals surface area contributed by atoms with E-state index in [0.717, 1.165) is 19.3 Å². The summed E-state index contributed by atoms with van der Waals surface area (Å²) in [7, 11) is 0. The van der Waals surface area contributed by atoms with Crippen molar-refractivity contribution < 1.29 is 14.0 Å². The minimum Gasteiger partial charge on any atom is -0.459 e. The highest BCUT2D eigenvalue weighted by molar-refractivity contribution is 5.91. The summed E-state index contributed by atoms with van der Waals surface area (Å²) in [5.74, 6) is 0.481. The molecule has 20 heavy (non-hydrogen) atoms. The molecular weight excluding hydrogens is 256 g/mol. The highest BCUT2D eigenvalue weighted by atomic mass is 16.3. The van der Waals surface area contributed by atoms with Crippen molar-refractivity contribution >= 4 is 11.8 Å². The molecule has 5 heteroatoms. The van der Waals surface area contributed by atoms with Crippen LogP contribution in [0.25, 0.3) is 0 Å². The van der Waals surface area contributed by atoms with Crippen molar-refractivity contribution in [2.45, 2.75) is 39.2 Å². The summed E-state index contributed by atoms with van der Waals surface area (Å²) in [4.78, 5) is 25.7. The molecule has 1 saturated heterocycles. The molecule has 1 atom stereocenters. The number of hydrogen-bond acceptors (Lipinski definition) is 3. The average molecular weight is 278 g/mol. The van der Waals surface area contributed by atoms with Crippen molar-refractivity contribution in [1.29, 1.82) is 0 Å². The maximum atomic E-state index is 12.1. The zero-order chi connectivity index (χ0) is 14.5. The summed E-state index contributed by atoms with van der Waals surface area (Å²) in [5, 5.41) is 3.06. The summed E-state index contributed by atoms with van der Waals surface area (Å²) in [6, 6.07) is 3.57. The van der Waals surface area contributed by atoms with E-state index < -0.39 is 0 Å². The Kier molecular flexibility index (Phi) is 4.82. The summed E-state index contributed by atoms with van der Waals surface area (Å²) >= 11 is 0. The van der Waals surface area contributed by atoms with Crippen molar-refractivity contribution in [3.63, 3.8) is 0 Å². The first kappa shape index (κ1) is 14.6. The normalized spacial score (nSPS) is 17.8. The van der Waals surface area contributed by atoms with Crippen molar-refractivity contribution in [2.24, 2.45) is 5.92 Å². The standard InChI is InChI=1S/C15H22N2O3/c1-3-11(2)14(18)16-12-6-8-17(9-7-12)15(19)13-5-4-10-20-13/h4-5,10-12H,3,6-9H2,1-2H3,(H,16,18). The summed E-state index contributed by atoms with van der Waals surface area (Å²) < 4.78 is 5.12. The van der Waals surface area contributed by atoms with Gasteiger partial charge in [-0.15, -0.1) is 0 Å². The zero-order valence-electron chi connectivity index (χ0n) is 12.1. The van der Waals surface area contributed by atoms with Crippen LogP contribution in [-0.2, 0) is 4.79 Å². The van der Waals surface area contributed by atoms with Gasteiger partial charge in [-0.1, -0.05) is 13.8 Å². The molecule has 0 radical (unpaired) electrons. The van der Waals surface area contributed by atoms with Crippen LogP contribution >= 0.6 is 0 Å². The monoisotopic (exact) mass is 278 g/mol. The quantitative estimate of drug-likeness (QED) is 0.916. The predicted octanol–water partition coefficient (Wildman–Crippen LogP) is 2.05. The summed E-state index contributed by atoms with van der Waals surface area (Å²) in [6.45, 7) is 5.26. The van der Waals surface area contributed by atoms with Crippen LogP contribution in [0.2, 0.25) is 0 Å². The third kappa shape index (κ3) is 3.40. The lowest BCUT2D eigenvalue weighted by atomic mass is 10.0. The Labute approximate surface area is 119 Å². The first-order valence-corrected chi connectivity index (χ1v) is 7.25. The van der Waals surface area contributed by atoms with E-state index in [4.69, 9.17) is 4.42 Å². The van der Waals surface area contributed by atoms with Crippen molar-refractivity contribution in [1.82, 2.24) is 10.2 Å². The van der Waals surface area contributed by atoms with Gasteiger partial charge in [0.15, 0.2) is 5.76 Å². The molecule has 0 aromatic carbocycles. The predicted molar refractivity (Wildman–Crippen MR) is 75.2 cm³/mol. The highest BCUT2D eigenvalue weighted by Crippen LogP contribution is 2.15. The van der Waals surface area contributed by atoms with E-state index in [9.17, 15) is 9.59 Å². The Morgan fingerprint density at radius 1 is 1.45 bits per heavy atom. The van der Waals surface area contributed by atoms with Gasteiger partial charge in [-0.2, -0.15) is 0 Å². The lowest BCUT2D eigenvalue weighted by molar-refractivity contribution is -0.125. The minimum atomic E-state index is -0.0679. The first-order chi connectivity index (χ1) is 9.61. The number of amides is 2. The number of carbonyl (C=O) groups excluding carboxylic acids is 2. The van der Waals surface area contributed by atoms with Gasteiger partial charge in [0.05, 0.1) is 6.26 Å². The Bertz CT molecular complexity index is 448.